The molecule has 0 atom stereocenters. The number of benzene rings is 1. The lowest BCUT2D eigenvalue weighted by Gasteiger charge is -2.23. The highest BCUT2D eigenvalue weighted by atomic mass is 16.5. The fourth-order valence-corrected chi connectivity index (χ4v) is 1.82. The Morgan fingerprint density at radius 2 is 1.94 bits per heavy atom. The van der Waals surface area contributed by atoms with E-state index in [4.69, 9.17) is 4.74 Å². The second-order valence-electron chi connectivity index (χ2n) is 4.06. The van der Waals surface area contributed by atoms with Crippen molar-refractivity contribution in [2.24, 2.45) is 0 Å². The minimum absolute atomic E-state index is 0.961. The maximum absolute atomic E-state index is 5.31. The van der Waals surface area contributed by atoms with Gasteiger partial charge in [0.05, 0.1) is 7.11 Å². The van der Waals surface area contributed by atoms with E-state index < -0.39 is 0 Å². The average Bonchev–Trinajstić information content (AvgIpc) is 2.29. The number of rotatable bonds is 5. The molecule has 0 aliphatic heterocycles. The van der Waals surface area contributed by atoms with Crippen LogP contribution in [0.25, 0.3) is 0 Å². The van der Waals surface area contributed by atoms with Crippen molar-refractivity contribution in [3.05, 3.63) is 23.3 Å². The summed E-state index contributed by atoms with van der Waals surface area (Å²) in [7, 11) is 5.80. The van der Waals surface area contributed by atoms with E-state index in [9.17, 15) is 0 Å². The van der Waals surface area contributed by atoms with Gasteiger partial charge in [0.15, 0.2) is 0 Å². The van der Waals surface area contributed by atoms with Gasteiger partial charge in [-0.25, -0.2) is 0 Å². The Balaban J connectivity index is 2.93. The smallest absolute Gasteiger partial charge is 0.122 e. The molecule has 0 aliphatic rings. The summed E-state index contributed by atoms with van der Waals surface area (Å²) in [5, 5.41) is 3.16. The van der Waals surface area contributed by atoms with Crippen molar-refractivity contribution >= 4 is 5.69 Å². The van der Waals surface area contributed by atoms with Crippen LogP contribution in [0.5, 0.6) is 5.75 Å². The fraction of sp³-hybridized carbons (Fsp3) is 0.538. The molecule has 0 spiro atoms. The van der Waals surface area contributed by atoms with Gasteiger partial charge in [0.25, 0.3) is 0 Å². The van der Waals surface area contributed by atoms with Crippen molar-refractivity contribution < 1.29 is 4.74 Å². The minimum atomic E-state index is 0.961. The summed E-state index contributed by atoms with van der Waals surface area (Å²) in [4.78, 5) is 2.26. The SMILES string of the molecule is CNCCN(C)c1ccc(OC)c(C)c1C. The Morgan fingerprint density at radius 3 is 2.50 bits per heavy atom. The Bertz CT molecular complexity index is 350. The quantitative estimate of drug-likeness (QED) is 0.824. The molecule has 90 valence electrons. The van der Waals surface area contributed by atoms with Crippen LogP contribution < -0.4 is 15.0 Å². The number of nitrogens with zero attached hydrogens (tertiary/aromatic N) is 1. The van der Waals surface area contributed by atoms with Gasteiger partial charge in [0.2, 0.25) is 0 Å². The van der Waals surface area contributed by atoms with E-state index in [1.54, 1.807) is 7.11 Å². The molecule has 0 heterocycles. The summed E-state index contributed by atoms with van der Waals surface area (Å²) in [6.45, 7) is 6.23. The van der Waals surface area contributed by atoms with Crippen LogP contribution in [0.2, 0.25) is 0 Å². The molecule has 0 bridgehead atoms. The van der Waals surface area contributed by atoms with Crippen molar-refractivity contribution in [3.63, 3.8) is 0 Å². The summed E-state index contributed by atoms with van der Waals surface area (Å²) in [6, 6.07) is 4.16. The molecule has 3 heteroatoms. The summed E-state index contributed by atoms with van der Waals surface area (Å²) >= 11 is 0. The molecule has 0 unspecified atom stereocenters. The first kappa shape index (κ1) is 12.8. The third kappa shape index (κ3) is 2.67. The fourth-order valence-electron chi connectivity index (χ4n) is 1.82. The lowest BCUT2D eigenvalue weighted by Crippen LogP contribution is -2.27. The number of nitrogens with one attached hydrogen (secondary N) is 1. The van der Waals surface area contributed by atoms with E-state index in [1.807, 2.05) is 13.1 Å². The lowest BCUT2D eigenvalue weighted by molar-refractivity contribution is 0.411. The van der Waals surface area contributed by atoms with Gasteiger partial charge in [-0.2, -0.15) is 0 Å². The zero-order chi connectivity index (χ0) is 12.1. The number of anilines is 1. The largest absolute Gasteiger partial charge is 0.496 e. The third-order valence-corrected chi connectivity index (χ3v) is 3.04. The molecule has 1 aromatic carbocycles. The van der Waals surface area contributed by atoms with Gasteiger partial charge in [-0.15, -0.1) is 0 Å². The monoisotopic (exact) mass is 222 g/mol. The average molecular weight is 222 g/mol. The number of methoxy groups -OCH3 is 1. The highest BCUT2D eigenvalue weighted by molar-refractivity contribution is 5.59. The first-order valence-corrected chi connectivity index (χ1v) is 5.61. The molecule has 1 N–H and O–H groups in total. The number of hydrogen-bond acceptors (Lipinski definition) is 3. The molecule has 0 aromatic heterocycles. The van der Waals surface area contributed by atoms with Crippen LogP contribution in [0, 0.1) is 13.8 Å². The van der Waals surface area contributed by atoms with Gasteiger partial charge >= 0.3 is 0 Å². The molecule has 1 aromatic rings. The second-order valence-corrected chi connectivity index (χ2v) is 4.06. The van der Waals surface area contributed by atoms with E-state index in [-0.39, 0.29) is 0 Å². The van der Waals surface area contributed by atoms with Crippen LogP contribution in [0.3, 0.4) is 0 Å². The maximum atomic E-state index is 5.31. The molecular weight excluding hydrogens is 200 g/mol. The number of ether oxygens (including phenoxy) is 1. The van der Waals surface area contributed by atoms with E-state index >= 15 is 0 Å². The van der Waals surface area contributed by atoms with Crippen LogP contribution in [0.1, 0.15) is 11.1 Å². The topological polar surface area (TPSA) is 24.5 Å². The third-order valence-electron chi connectivity index (χ3n) is 3.04. The zero-order valence-electron chi connectivity index (χ0n) is 10.9. The Morgan fingerprint density at radius 1 is 1.25 bits per heavy atom. The van der Waals surface area contributed by atoms with Gasteiger partial charge < -0.3 is 15.0 Å². The molecule has 3 nitrogen and oxygen atoms in total. The Labute approximate surface area is 98.4 Å². The first-order chi connectivity index (χ1) is 7.61. The van der Waals surface area contributed by atoms with Crippen LogP contribution >= 0.6 is 0 Å². The minimum Gasteiger partial charge on any atom is -0.496 e. The van der Waals surface area contributed by atoms with E-state index in [1.165, 1.54) is 16.8 Å². The molecule has 0 saturated carbocycles. The van der Waals surface area contributed by atoms with Crippen molar-refractivity contribution in [2.45, 2.75) is 13.8 Å². The van der Waals surface area contributed by atoms with Gasteiger partial charge in [0.1, 0.15) is 5.75 Å². The number of hydrogen-bond donors (Lipinski definition) is 1. The zero-order valence-corrected chi connectivity index (χ0v) is 10.9. The van der Waals surface area contributed by atoms with Crippen LogP contribution in [0.15, 0.2) is 12.1 Å². The molecule has 0 aliphatic carbocycles. The highest BCUT2D eigenvalue weighted by Gasteiger charge is 2.09. The van der Waals surface area contributed by atoms with Crippen molar-refractivity contribution in [1.29, 1.82) is 0 Å². The van der Waals surface area contributed by atoms with E-state index in [0.29, 0.717) is 0 Å². The predicted octanol–water partition coefficient (Wildman–Crippen LogP) is 1.97. The summed E-state index contributed by atoms with van der Waals surface area (Å²) in [5.74, 6) is 0.961. The molecule has 0 radical (unpaired) electrons. The van der Waals surface area contributed by atoms with Crippen molar-refractivity contribution in [1.82, 2.24) is 5.32 Å². The second kappa shape index (κ2) is 5.75. The maximum Gasteiger partial charge on any atom is 0.122 e. The summed E-state index contributed by atoms with van der Waals surface area (Å²) in [6.07, 6.45) is 0. The lowest BCUT2D eigenvalue weighted by atomic mass is 10.1. The molecule has 0 fully saturated rings. The first-order valence-electron chi connectivity index (χ1n) is 5.61. The standard InChI is InChI=1S/C13H22N2O/c1-10-11(2)13(16-5)7-6-12(10)15(4)9-8-14-3/h6-7,14H,8-9H2,1-5H3. The summed E-state index contributed by atoms with van der Waals surface area (Å²) in [5.41, 5.74) is 3.78. The summed E-state index contributed by atoms with van der Waals surface area (Å²) < 4.78 is 5.31. The molecule has 0 amide bonds. The Hall–Kier alpha value is -1.22. The van der Waals surface area contributed by atoms with Crippen LogP contribution in [-0.2, 0) is 0 Å². The Kier molecular flexibility index (Phi) is 4.62. The predicted molar refractivity (Wildman–Crippen MR) is 69.7 cm³/mol. The van der Waals surface area contributed by atoms with Crippen molar-refractivity contribution in [2.75, 3.05) is 39.2 Å². The highest BCUT2D eigenvalue weighted by Crippen LogP contribution is 2.28. The molecule has 0 saturated heterocycles. The van der Waals surface area contributed by atoms with Crippen LogP contribution in [-0.4, -0.2) is 34.3 Å². The van der Waals surface area contributed by atoms with Crippen molar-refractivity contribution in [3.8, 4) is 5.75 Å². The normalized spacial score (nSPS) is 10.3. The van der Waals surface area contributed by atoms with Gasteiger partial charge in [-0.3, -0.25) is 0 Å². The van der Waals surface area contributed by atoms with Crippen LogP contribution in [0.4, 0.5) is 5.69 Å². The van der Waals surface area contributed by atoms with Gasteiger partial charge in [-0.1, -0.05) is 0 Å². The van der Waals surface area contributed by atoms with Gasteiger partial charge in [0, 0.05) is 25.8 Å². The van der Waals surface area contributed by atoms with E-state index in [0.717, 1.165) is 18.8 Å². The molecule has 16 heavy (non-hydrogen) atoms. The van der Waals surface area contributed by atoms with Gasteiger partial charge in [-0.05, 0) is 44.2 Å². The number of likely N-dealkylation sites (N-methyl/N-ethyl adjacent to an activating group) is 2. The molecule has 1 rings (SSSR count). The van der Waals surface area contributed by atoms with E-state index in [2.05, 4.69) is 37.2 Å². The molecular formula is C13H22N2O.